The molecule has 41 heavy (non-hydrogen) atoms. The topological polar surface area (TPSA) is 151 Å². The van der Waals surface area contributed by atoms with E-state index < -0.39 is 46.1 Å². The van der Waals surface area contributed by atoms with Gasteiger partial charge in [0.25, 0.3) is 11.5 Å². The molecule has 6 rings (SSSR count). The number of aryl methyl sites for hydroxylation is 1. The van der Waals surface area contributed by atoms with Crippen molar-refractivity contribution in [3.8, 4) is 5.75 Å². The fraction of sp³-hybridized carbons (Fsp3) is 0.429. The lowest BCUT2D eigenvalue weighted by Gasteiger charge is -2.37. The molecule has 2 bridgehead atoms. The summed E-state index contributed by atoms with van der Waals surface area (Å²) in [6.07, 6.45) is 3.79. The minimum atomic E-state index is -1.18. The molecule has 0 atom stereocenters. The van der Waals surface area contributed by atoms with Gasteiger partial charge < -0.3 is 20.6 Å². The van der Waals surface area contributed by atoms with Crippen molar-refractivity contribution < 1.29 is 23.9 Å². The van der Waals surface area contributed by atoms with Gasteiger partial charge in [0.15, 0.2) is 5.69 Å². The fourth-order valence-electron chi connectivity index (χ4n) is 5.59. The number of nitrogens with one attached hydrogen (secondary N) is 2. The van der Waals surface area contributed by atoms with Crippen LogP contribution in [0.2, 0.25) is 0 Å². The van der Waals surface area contributed by atoms with E-state index in [-0.39, 0.29) is 31.4 Å². The third-order valence-electron chi connectivity index (χ3n) is 8.19. The van der Waals surface area contributed by atoms with Crippen LogP contribution in [0.25, 0.3) is 0 Å². The zero-order valence-corrected chi connectivity index (χ0v) is 23.1. The van der Waals surface area contributed by atoms with Crippen molar-refractivity contribution in [3.05, 3.63) is 75.0 Å². The van der Waals surface area contributed by atoms with Crippen LogP contribution in [0, 0.1) is 18.7 Å². The lowest BCUT2D eigenvalue weighted by Crippen LogP contribution is -2.53. The Morgan fingerprint density at radius 1 is 1.20 bits per heavy atom. The van der Waals surface area contributed by atoms with Crippen LogP contribution in [0.1, 0.15) is 58.8 Å². The lowest BCUT2D eigenvalue weighted by molar-refractivity contribution is -0.146. The highest BCUT2D eigenvalue weighted by Crippen LogP contribution is 2.43. The second kappa shape index (κ2) is 10.8. The van der Waals surface area contributed by atoms with E-state index in [9.17, 15) is 28.7 Å². The molecule has 216 valence electrons. The predicted molar refractivity (Wildman–Crippen MR) is 144 cm³/mol. The summed E-state index contributed by atoms with van der Waals surface area (Å²) in [5, 5.41) is 20.3. The minimum Gasteiger partial charge on any atom is -0.501 e. The van der Waals surface area contributed by atoms with Crippen molar-refractivity contribution >= 4 is 17.7 Å². The first-order valence-corrected chi connectivity index (χ1v) is 13.4. The molecule has 1 fully saturated rings. The van der Waals surface area contributed by atoms with Gasteiger partial charge >= 0.3 is 11.8 Å². The standard InChI is InChI=1S/C28H32FN7O5/c1-16-19(13-31-35(16)3)15-34(2)26(41)24(39)33-28-10-8-18(9-11-28)14-36-25(40)22(37)21(32-27(28)36)23(38)30-12-17-4-6-20(29)7-5-17/h4-7,13,18,37H,8-12,14-15H2,1-3H3,(H,30,38)(H,33,39). The van der Waals surface area contributed by atoms with Crippen LogP contribution in [0.15, 0.2) is 35.3 Å². The van der Waals surface area contributed by atoms with Gasteiger partial charge in [-0.25, -0.2) is 9.37 Å². The SMILES string of the molecule is Cc1c(CN(C)C(=O)C(=O)NC23CCC(CC2)Cn2c3nc(C(=O)NCc3ccc(F)cc3)c(O)c2=O)cnn1C. The normalized spacial score (nSPS) is 19.3. The van der Waals surface area contributed by atoms with Gasteiger partial charge in [-0.3, -0.25) is 28.4 Å². The molecule has 3 N–H and O–H groups in total. The van der Waals surface area contributed by atoms with Crippen molar-refractivity contribution in [2.24, 2.45) is 13.0 Å². The number of aromatic nitrogens is 4. The number of carbonyl (C=O) groups excluding carboxylic acids is 3. The van der Waals surface area contributed by atoms with Crippen LogP contribution in [0.5, 0.6) is 5.75 Å². The highest BCUT2D eigenvalue weighted by atomic mass is 19.1. The maximum atomic E-state index is 13.3. The number of benzene rings is 1. The van der Waals surface area contributed by atoms with E-state index in [0.717, 1.165) is 11.3 Å². The van der Waals surface area contributed by atoms with Crippen molar-refractivity contribution in [2.75, 3.05) is 7.05 Å². The molecule has 0 spiro atoms. The second-order valence-electron chi connectivity index (χ2n) is 10.9. The predicted octanol–water partition coefficient (Wildman–Crippen LogP) is 1.23. The van der Waals surface area contributed by atoms with Gasteiger partial charge in [0.05, 0.1) is 11.7 Å². The lowest BCUT2D eigenvalue weighted by atomic mass is 9.77. The summed E-state index contributed by atoms with van der Waals surface area (Å²) < 4.78 is 16.2. The Hall–Kier alpha value is -4.55. The molecular weight excluding hydrogens is 533 g/mol. The summed E-state index contributed by atoms with van der Waals surface area (Å²) in [6.45, 7) is 2.34. The molecule has 12 nitrogen and oxygen atoms in total. The van der Waals surface area contributed by atoms with Gasteiger partial charge in [0.1, 0.15) is 11.6 Å². The van der Waals surface area contributed by atoms with Crippen molar-refractivity contribution in [1.29, 1.82) is 0 Å². The Labute approximate surface area is 235 Å². The summed E-state index contributed by atoms with van der Waals surface area (Å²) in [6, 6.07) is 5.51. The van der Waals surface area contributed by atoms with Crippen molar-refractivity contribution in [1.82, 2.24) is 34.9 Å². The number of carbonyl (C=O) groups is 3. The number of hydrogen-bond acceptors (Lipinski definition) is 7. The van der Waals surface area contributed by atoms with E-state index in [2.05, 4.69) is 20.7 Å². The van der Waals surface area contributed by atoms with Crippen LogP contribution in [-0.4, -0.2) is 54.1 Å². The molecule has 0 saturated heterocycles. The Kier molecular flexibility index (Phi) is 7.37. The average Bonchev–Trinajstić information content (AvgIpc) is 3.11. The van der Waals surface area contributed by atoms with E-state index in [1.54, 1.807) is 17.9 Å². The van der Waals surface area contributed by atoms with Crippen LogP contribution >= 0.6 is 0 Å². The smallest absolute Gasteiger partial charge is 0.311 e. The van der Waals surface area contributed by atoms with E-state index in [0.29, 0.717) is 31.2 Å². The molecule has 3 aliphatic rings. The highest BCUT2D eigenvalue weighted by Gasteiger charge is 2.47. The minimum absolute atomic E-state index is 0.0137. The van der Waals surface area contributed by atoms with E-state index in [1.807, 2.05) is 6.92 Å². The summed E-state index contributed by atoms with van der Waals surface area (Å²) >= 11 is 0. The first-order valence-electron chi connectivity index (χ1n) is 13.4. The van der Waals surface area contributed by atoms with E-state index >= 15 is 0 Å². The quantitative estimate of drug-likeness (QED) is 0.380. The molecule has 1 aliphatic carbocycles. The molecule has 0 radical (unpaired) electrons. The van der Waals surface area contributed by atoms with Crippen molar-refractivity contribution in [2.45, 2.75) is 57.8 Å². The average molecular weight is 566 g/mol. The maximum absolute atomic E-state index is 13.3. The zero-order valence-electron chi connectivity index (χ0n) is 23.1. The molecular formula is C28H32FN7O5. The number of likely N-dealkylation sites (N-methyl/N-ethyl adjacent to an activating group) is 1. The Morgan fingerprint density at radius 2 is 1.88 bits per heavy atom. The van der Waals surface area contributed by atoms with Crippen LogP contribution in [0.4, 0.5) is 4.39 Å². The number of fused-ring (bicyclic) bond motifs is 2. The summed E-state index contributed by atoms with van der Waals surface area (Å²) in [5.41, 5.74) is -0.160. The number of halogens is 1. The molecule has 1 aromatic carbocycles. The van der Waals surface area contributed by atoms with Gasteiger partial charge in [-0.1, -0.05) is 12.1 Å². The number of amides is 3. The molecule has 13 heteroatoms. The van der Waals surface area contributed by atoms with E-state index in [1.165, 1.54) is 40.8 Å². The van der Waals surface area contributed by atoms with Crippen LogP contribution < -0.4 is 16.2 Å². The van der Waals surface area contributed by atoms with Crippen LogP contribution in [0.3, 0.4) is 0 Å². The van der Waals surface area contributed by atoms with E-state index in [4.69, 9.17) is 0 Å². The maximum Gasteiger partial charge on any atom is 0.311 e. The Morgan fingerprint density at radius 3 is 2.51 bits per heavy atom. The third kappa shape index (κ3) is 5.31. The molecule has 1 saturated carbocycles. The molecule has 2 aromatic heterocycles. The Balaban J connectivity index is 1.41. The zero-order chi connectivity index (χ0) is 29.5. The van der Waals surface area contributed by atoms with Gasteiger partial charge in [-0.05, 0) is 56.2 Å². The van der Waals surface area contributed by atoms with Crippen molar-refractivity contribution in [3.63, 3.8) is 0 Å². The first kappa shape index (κ1) is 28.0. The number of rotatable bonds is 6. The van der Waals surface area contributed by atoms with Gasteiger partial charge in [0.2, 0.25) is 5.75 Å². The number of hydrogen-bond donors (Lipinski definition) is 3. The summed E-state index contributed by atoms with van der Waals surface area (Å²) in [4.78, 5) is 58.5. The summed E-state index contributed by atoms with van der Waals surface area (Å²) in [5.74, 6) is -3.38. The van der Waals surface area contributed by atoms with Crippen LogP contribution in [-0.2, 0) is 41.8 Å². The number of aromatic hydroxyl groups is 1. The summed E-state index contributed by atoms with van der Waals surface area (Å²) in [7, 11) is 3.31. The molecule has 4 heterocycles. The molecule has 0 unspecified atom stereocenters. The van der Waals surface area contributed by atoms with Gasteiger partial charge in [0, 0.05) is 45.0 Å². The molecule has 3 aromatic rings. The monoisotopic (exact) mass is 565 g/mol. The molecule has 3 amide bonds. The van der Waals surface area contributed by atoms with Gasteiger partial charge in [-0.2, -0.15) is 5.10 Å². The fourth-order valence-corrected chi connectivity index (χ4v) is 5.59. The highest BCUT2D eigenvalue weighted by molar-refractivity contribution is 6.35. The first-order chi connectivity index (χ1) is 19.5. The van der Waals surface area contributed by atoms with Gasteiger partial charge in [-0.15, -0.1) is 0 Å². The molecule has 2 aliphatic heterocycles. The largest absolute Gasteiger partial charge is 0.501 e. The second-order valence-corrected chi connectivity index (χ2v) is 10.9. The number of nitrogens with zero attached hydrogens (tertiary/aromatic N) is 5. The third-order valence-corrected chi connectivity index (χ3v) is 8.19. The Bertz CT molecular complexity index is 1570.